The molecule has 35 heavy (non-hydrogen) atoms. The van der Waals surface area contributed by atoms with Crippen molar-refractivity contribution in [1.82, 2.24) is 15.1 Å². The van der Waals surface area contributed by atoms with Gasteiger partial charge in [-0.15, -0.1) is 10.2 Å². The number of carbonyl (C=O) groups is 2. The van der Waals surface area contributed by atoms with E-state index in [1.165, 1.54) is 0 Å². The quantitative estimate of drug-likeness (QED) is 0.307. The van der Waals surface area contributed by atoms with Gasteiger partial charge >= 0.3 is 6.09 Å². The van der Waals surface area contributed by atoms with Crippen LogP contribution in [0.25, 0.3) is 11.5 Å². The minimum Gasteiger partial charge on any atom is -0.422 e. The van der Waals surface area contributed by atoms with Crippen molar-refractivity contribution in [3.8, 4) is 11.5 Å². The standard InChI is InChI=1S/C26H19Cl2N3O4/c1-16(18-10-6-3-7-11-18)31-24(32)26(35-25(31)33,15-17-8-4-2-5-9-17)23-30-29-22(34-23)19-12-13-20(27)21(28)14-19/h2-14,16H,15H2,1H3/t16-,26-/m1/s1. The Balaban J connectivity index is 1.58. The fraction of sp³-hybridized carbons (Fsp3) is 0.154. The second-order valence-corrected chi connectivity index (χ2v) is 8.97. The Morgan fingerprint density at radius 2 is 1.60 bits per heavy atom. The molecule has 0 radical (unpaired) electrons. The lowest BCUT2D eigenvalue weighted by molar-refractivity contribution is -0.140. The first-order valence-electron chi connectivity index (χ1n) is 10.8. The van der Waals surface area contributed by atoms with E-state index in [4.69, 9.17) is 32.4 Å². The number of ether oxygens (including phenoxy) is 1. The second-order valence-electron chi connectivity index (χ2n) is 8.16. The number of hydrogen-bond acceptors (Lipinski definition) is 6. The zero-order valence-electron chi connectivity index (χ0n) is 18.5. The van der Waals surface area contributed by atoms with E-state index in [1.807, 2.05) is 60.7 Å². The van der Waals surface area contributed by atoms with Crippen molar-refractivity contribution >= 4 is 35.2 Å². The molecular weight excluding hydrogens is 489 g/mol. The zero-order valence-corrected chi connectivity index (χ0v) is 20.0. The molecule has 2 atom stereocenters. The summed E-state index contributed by atoms with van der Waals surface area (Å²) in [5.74, 6) is -0.583. The fourth-order valence-electron chi connectivity index (χ4n) is 4.07. The van der Waals surface area contributed by atoms with Crippen LogP contribution in [0.4, 0.5) is 4.79 Å². The monoisotopic (exact) mass is 507 g/mol. The topological polar surface area (TPSA) is 85.5 Å². The predicted molar refractivity (Wildman–Crippen MR) is 130 cm³/mol. The van der Waals surface area contributed by atoms with Crippen LogP contribution >= 0.6 is 23.2 Å². The van der Waals surface area contributed by atoms with Gasteiger partial charge in [0, 0.05) is 12.0 Å². The van der Waals surface area contributed by atoms with Crippen molar-refractivity contribution in [2.75, 3.05) is 0 Å². The van der Waals surface area contributed by atoms with Crippen LogP contribution in [0.2, 0.25) is 10.0 Å². The molecule has 0 saturated carbocycles. The number of rotatable bonds is 6. The van der Waals surface area contributed by atoms with E-state index in [-0.39, 0.29) is 18.2 Å². The molecule has 1 aliphatic rings. The van der Waals surface area contributed by atoms with Crippen LogP contribution < -0.4 is 0 Å². The average Bonchev–Trinajstić information content (AvgIpc) is 3.46. The average molecular weight is 508 g/mol. The molecule has 1 aromatic heterocycles. The molecule has 0 aliphatic carbocycles. The number of halogens is 2. The van der Waals surface area contributed by atoms with Crippen molar-refractivity contribution in [2.24, 2.45) is 0 Å². The van der Waals surface area contributed by atoms with E-state index in [1.54, 1.807) is 25.1 Å². The van der Waals surface area contributed by atoms with Crippen molar-refractivity contribution in [3.63, 3.8) is 0 Å². The first kappa shape index (κ1) is 23.1. The van der Waals surface area contributed by atoms with Gasteiger partial charge in [-0.1, -0.05) is 83.9 Å². The number of benzene rings is 3. The number of imide groups is 1. The molecule has 5 rings (SSSR count). The summed E-state index contributed by atoms with van der Waals surface area (Å²) >= 11 is 12.1. The Labute approximate surface area is 211 Å². The zero-order chi connectivity index (χ0) is 24.6. The summed E-state index contributed by atoms with van der Waals surface area (Å²) in [4.78, 5) is 28.1. The smallest absolute Gasteiger partial charge is 0.418 e. The SMILES string of the molecule is C[C@H](c1ccccc1)N1C(=O)O[C@](Cc2ccccc2)(c2nnc(-c3ccc(Cl)c(Cl)c3)o2)C1=O. The van der Waals surface area contributed by atoms with Gasteiger partial charge in [-0.25, -0.2) is 9.69 Å². The van der Waals surface area contributed by atoms with Gasteiger partial charge in [0.2, 0.25) is 5.89 Å². The van der Waals surface area contributed by atoms with Crippen LogP contribution in [0.1, 0.15) is 30.0 Å². The molecule has 7 nitrogen and oxygen atoms in total. The van der Waals surface area contributed by atoms with E-state index < -0.39 is 23.6 Å². The fourth-order valence-corrected chi connectivity index (χ4v) is 4.37. The van der Waals surface area contributed by atoms with Gasteiger partial charge in [-0.3, -0.25) is 4.79 Å². The number of aromatic nitrogens is 2. The lowest BCUT2D eigenvalue weighted by atomic mass is 9.92. The number of nitrogens with zero attached hydrogens (tertiary/aromatic N) is 3. The largest absolute Gasteiger partial charge is 0.422 e. The molecule has 1 saturated heterocycles. The summed E-state index contributed by atoms with van der Waals surface area (Å²) in [6, 6.07) is 22.7. The van der Waals surface area contributed by atoms with E-state index in [2.05, 4.69) is 10.2 Å². The van der Waals surface area contributed by atoms with Gasteiger partial charge in [0.15, 0.2) is 0 Å². The van der Waals surface area contributed by atoms with Crippen molar-refractivity contribution in [2.45, 2.75) is 25.0 Å². The molecule has 2 amide bonds. The van der Waals surface area contributed by atoms with Crippen LogP contribution in [0, 0.1) is 0 Å². The first-order chi connectivity index (χ1) is 16.9. The molecule has 0 N–H and O–H groups in total. The van der Waals surface area contributed by atoms with E-state index in [0.717, 1.165) is 16.0 Å². The van der Waals surface area contributed by atoms with Gasteiger partial charge in [0.1, 0.15) is 0 Å². The van der Waals surface area contributed by atoms with E-state index in [0.29, 0.717) is 15.6 Å². The maximum absolute atomic E-state index is 13.9. The third-order valence-electron chi connectivity index (χ3n) is 5.92. The Morgan fingerprint density at radius 3 is 2.29 bits per heavy atom. The summed E-state index contributed by atoms with van der Waals surface area (Å²) in [6.45, 7) is 1.77. The molecule has 9 heteroatoms. The van der Waals surface area contributed by atoms with Gasteiger partial charge in [0.25, 0.3) is 17.4 Å². The molecule has 0 bridgehead atoms. The third-order valence-corrected chi connectivity index (χ3v) is 6.66. The molecule has 1 aliphatic heterocycles. The molecule has 3 aromatic carbocycles. The molecule has 4 aromatic rings. The Morgan fingerprint density at radius 1 is 0.914 bits per heavy atom. The van der Waals surface area contributed by atoms with Gasteiger partial charge in [0.05, 0.1) is 16.1 Å². The summed E-state index contributed by atoms with van der Waals surface area (Å²) < 4.78 is 11.7. The summed E-state index contributed by atoms with van der Waals surface area (Å²) in [6.07, 6.45) is -0.754. The summed E-state index contributed by atoms with van der Waals surface area (Å²) in [7, 11) is 0. The number of hydrogen-bond donors (Lipinski definition) is 0. The third kappa shape index (κ3) is 4.17. The Hall–Kier alpha value is -3.68. The summed E-state index contributed by atoms with van der Waals surface area (Å²) in [5, 5.41) is 8.91. The van der Waals surface area contributed by atoms with Crippen LogP contribution in [-0.2, 0) is 21.6 Å². The first-order valence-corrected chi connectivity index (χ1v) is 11.6. The highest BCUT2D eigenvalue weighted by atomic mass is 35.5. The van der Waals surface area contributed by atoms with Gasteiger partial charge < -0.3 is 9.15 Å². The van der Waals surface area contributed by atoms with E-state index >= 15 is 0 Å². The summed E-state index contributed by atoms with van der Waals surface area (Å²) in [5.41, 5.74) is 0.245. The molecule has 176 valence electrons. The number of amides is 2. The predicted octanol–water partition coefficient (Wildman–Crippen LogP) is 6.22. The number of carbonyl (C=O) groups excluding carboxylic acids is 2. The Kier molecular flexibility index (Phi) is 6.05. The highest BCUT2D eigenvalue weighted by molar-refractivity contribution is 6.42. The molecule has 0 spiro atoms. The van der Waals surface area contributed by atoms with Crippen LogP contribution in [0.15, 0.2) is 83.3 Å². The maximum Gasteiger partial charge on any atom is 0.418 e. The maximum atomic E-state index is 13.9. The van der Waals surface area contributed by atoms with Gasteiger partial charge in [-0.2, -0.15) is 0 Å². The molecule has 1 fully saturated rings. The van der Waals surface area contributed by atoms with Crippen molar-refractivity contribution < 1.29 is 18.7 Å². The Bertz CT molecular complexity index is 1390. The van der Waals surface area contributed by atoms with Gasteiger partial charge in [-0.05, 0) is 36.2 Å². The molecule has 2 heterocycles. The second kappa shape index (κ2) is 9.17. The minimum absolute atomic E-state index is 0.0272. The van der Waals surface area contributed by atoms with Crippen LogP contribution in [0.5, 0.6) is 0 Å². The van der Waals surface area contributed by atoms with Crippen molar-refractivity contribution in [1.29, 1.82) is 0 Å². The highest BCUT2D eigenvalue weighted by Gasteiger charge is 2.60. The highest BCUT2D eigenvalue weighted by Crippen LogP contribution is 2.41. The minimum atomic E-state index is -1.82. The van der Waals surface area contributed by atoms with E-state index in [9.17, 15) is 9.59 Å². The lowest BCUT2D eigenvalue weighted by Crippen LogP contribution is -2.41. The van der Waals surface area contributed by atoms with Crippen molar-refractivity contribution in [3.05, 3.63) is 106 Å². The van der Waals surface area contributed by atoms with Crippen LogP contribution in [0.3, 0.4) is 0 Å². The van der Waals surface area contributed by atoms with Crippen LogP contribution in [-0.4, -0.2) is 27.1 Å². The molecular formula is C26H19Cl2N3O4. The molecule has 0 unspecified atom stereocenters. The number of cyclic esters (lactones) is 1. The lowest BCUT2D eigenvalue weighted by Gasteiger charge is -2.23. The normalized spacial score (nSPS) is 18.5.